The second-order valence-electron chi connectivity index (χ2n) is 5.48. The summed E-state index contributed by atoms with van der Waals surface area (Å²) in [5, 5.41) is 3.61. The third-order valence-corrected chi connectivity index (χ3v) is 4.28. The molecular formula is C15H22N2O. The van der Waals surface area contributed by atoms with Crippen LogP contribution in [-0.4, -0.2) is 37.7 Å². The van der Waals surface area contributed by atoms with E-state index in [0.29, 0.717) is 0 Å². The molecule has 2 heterocycles. The summed E-state index contributed by atoms with van der Waals surface area (Å²) in [5.74, 6) is 1.83. The van der Waals surface area contributed by atoms with Crippen molar-refractivity contribution >= 4 is 0 Å². The first-order valence-electron chi connectivity index (χ1n) is 6.94. The van der Waals surface area contributed by atoms with Crippen molar-refractivity contribution in [1.82, 2.24) is 10.2 Å². The molecule has 1 aromatic rings. The van der Waals surface area contributed by atoms with Crippen LogP contribution in [-0.2, 0) is 6.54 Å². The molecule has 2 aliphatic rings. The summed E-state index contributed by atoms with van der Waals surface area (Å²) < 4.78 is 5.28. The average molecular weight is 246 g/mol. The van der Waals surface area contributed by atoms with Gasteiger partial charge >= 0.3 is 0 Å². The molecule has 2 fully saturated rings. The molecule has 0 aromatic heterocycles. The number of piperidine rings is 1. The Labute approximate surface area is 109 Å². The summed E-state index contributed by atoms with van der Waals surface area (Å²) in [6, 6.07) is 9.22. The van der Waals surface area contributed by atoms with Gasteiger partial charge in [0.2, 0.25) is 0 Å². The highest BCUT2D eigenvalue weighted by atomic mass is 16.5. The Balaban J connectivity index is 1.62. The molecule has 0 saturated carbocycles. The number of fused-ring (bicyclic) bond motifs is 1. The van der Waals surface area contributed by atoms with E-state index in [0.717, 1.165) is 24.3 Å². The highest BCUT2D eigenvalue weighted by molar-refractivity contribution is 5.28. The molecule has 0 amide bonds. The SMILES string of the molecule is COc1cccc(CN2CCC3NCCC3C2)c1. The quantitative estimate of drug-likeness (QED) is 0.881. The highest BCUT2D eigenvalue weighted by Gasteiger charge is 2.32. The van der Waals surface area contributed by atoms with E-state index in [4.69, 9.17) is 4.74 Å². The predicted molar refractivity (Wildman–Crippen MR) is 72.8 cm³/mol. The maximum absolute atomic E-state index is 5.28. The molecule has 2 unspecified atom stereocenters. The van der Waals surface area contributed by atoms with E-state index >= 15 is 0 Å². The minimum Gasteiger partial charge on any atom is -0.497 e. The van der Waals surface area contributed by atoms with E-state index in [1.807, 2.05) is 6.07 Å². The van der Waals surface area contributed by atoms with Crippen LogP contribution in [0.25, 0.3) is 0 Å². The maximum atomic E-state index is 5.28. The lowest BCUT2D eigenvalue weighted by atomic mass is 9.93. The van der Waals surface area contributed by atoms with E-state index < -0.39 is 0 Å². The van der Waals surface area contributed by atoms with E-state index in [2.05, 4.69) is 28.4 Å². The van der Waals surface area contributed by atoms with Crippen LogP contribution in [0.3, 0.4) is 0 Å². The lowest BCUT2D eigenvalue weighted by Crippen LogP contribution is -2.43. The van der Waals surface area contributed by atoms with E-state index in [-0.39, 0.29) is 0 Å². The van der Waals surface area contributed by atoms with Crippen LogP contribution in [0.2, 0.25) is 0 Å². The normalized spacial score (nSPS) is 28.1. The molecule has 0 bridgehead atoms. The Hall–Kier alpha value is -1.06. The zero-order chi connectivity index (χ0) is 12.4. The molecule has 18 heavy (non-hydrogen) atoms. The molecule has 0 radical (unpaired) electrons. The fraction of sp³-hybridized carbons (Fsp3) is 0.600. The summed E-state index contributed by atoms with van der Waals surface area (Å²) in [5.41, 5.74) is 1.36. The second-order valence-corrected chi connectivity index (χ2v) is 5.48. The second kappa shape index (κ2) is 5.29. The number of likely N-dealkylation sites (tertiary alicyclic amines) is 1. The average Bonchev–Trinajstić information content (AvgIpc) is 2.86. The van der Waals surface area contributed by atoms with E-state index in [1.165, 1.54) is 38.0 Å². The van der Waals surface area contributed by atoms with Gasteiger partial charge in [-0.3, -0.25) is 4.90 Å². The Bertz CT molecular complexity index is 407. The van der Waals surface area contributed by atoms with Crippen LogP contribution in [0.15, 0.2) is 24.3 Å². The van der Waals surface area contributed by atoms with Crippen LogP contribution in [0.1, 0.15) is 18.4 Å². The lowest BCUT2D eigenvalue weighted by Gasteiger charge is -2.34. The van der Waals surface area contributed by atoms with Gasteiger partial charge in [-0.1, -0.05) is 12.1 Å². The van der Waals surface area contributed by atoms with Crippen molar-refractivity contribution in [3.05, 3.63) is 29.8 Å². The summed E-state index contributed by atoms with van der Waals surface area (Å²) in [4.78, 5) is 2.59. The number of benzene rings is 1. The maximum Gasteiger partial charge on any atom is 0.119 e. The zero-order valence-corrected chi connectivity index (χ0v) is 11.1. The Morgan fingerprint density at radius 1 is 1.39 bits per heavy atom. The van der Waals surface area contributed by atoms with Crippen molar-refractivity contribution in [1.29, 1.82) is 0 Å². The molecule has 2 atom stereocenters. The summed E-state index contributed by atoms with van der Waals surface area (Å²) in [7, 11) is 1.73. The number of hydrogen-bond acceptors (Lipinski definition) is 3. The summed E-state index contributed by atoms with van der Waals surface area (Å²) >= 11 is 0. The van der Waals surface area contributed by atoms with Crippen LogP contribution in [0.5, 0.6) is 5.75 Å². The van der Waals surface area contributed by atoms with E-state index in [9.17, 15) is 0 Å². The molecular weight excluding hydrogens is 224 g/mol. The lowest BCUT2D eigenvalue weighted by molar-refractivity contribution is 0.156. The molecule has 1 N–H and O–H groups in total. The highest BCUT2D eigenvalue weighted by Crippen LogP contribution is 2.26. The van der Waals surface area contributed by atoms with Crippen LogP contribution < -0.4 is 10.1 Å². The number of rotatable bonds is 3. The number of methoxy groups -OCH3 is 1. The van der Waals surface area contributed by atoms with Crippen molar-refractivity contribution in [2.75, 3.05) is 26.7 Å². The van der Waals surface area contributed by atoms with Gasteiger partial charge < -0.3 is 10.1 Å². The van der Waals surface area contributed by atoms with Gasteiger partial charge in [-0.2, -0.15) is 0 Å². The van der Waals surface area contributed by atoms with E-state index in [1.54, 1.807) is 7.11 Å². The zero-order valence-electron chi connectivity index (χ0n) is 11.1. The third kappa shape index (κ3) is 2.52. The molecule has 0 aliphatic carbocycles. The van der Waals surface area contributed by atoms with Crippen molar-refractivity contribution < 1.29 is 4.74 Å². The first kappa shape index (κ1) is 12.0. The molecule has 1 aromatic carbocycles. The molecule has 0 spiro atoms. The minimum absolute atomic E-state index is 0.784. The minimum atomic E-state index is 0.784. The predicted octanol–water partition coefficient (Wildman–Crippen LogP) is 1.88. The molecule has 3 nitrogen and oxygen atoms in total. The smallest absolute Gasteiger partial charge is 0.119 e. The summed E-state index contributed by atoms with van der Waals surface area (Å²) in [6.45, 7) is 4.73. The molecule has 3 heteroatoms. The van der Waals surface area contributed by atoms with Gasteiger partial charge in [0.15, 0.2) is 0 Å². The van der Waals surface area contributed by atoms with Gasteiger partial charge in [0.05, 0.1) is 7.11 Å². The van der Waals surface area contributed by atoms with Crippen LogP contribution >= 0.6 is 0 Å². The van der Waals surface area contributed by atoms with Crippen molar-refractivity contribution in [3.63, 3.8) is 0 Å². The van der Waals surface area contributed by atoms with Crippen LogP contribution in [0, 0.1) is 5.92 Å². The van der Waals surface area contributed by atoms with Crippen molar-refractivity contribution in [2.24, 2.45) is 5.92 Å². The standard InChI is InChI=1S/C15H22N2O/c1-18-14-4-2-3-12(9-14)10-17-8-6-15-13(11-17)5-7-16-15/h2-4,9,13,15-16H,5-8,10-11H2,1H3. The van der Waals surface area contributed by atoms with Crippen molar-refractivity contribution in [3.8, 4) is 5.75 Å². The van der Waals surface area contributed by atoms with Gasteiger partial charge in [0.1, 0.15) is 5.75 Å². The number of ether oxygens (including phenoxy) is 1. The number of hydrogen-bond donors (Lipinski definition) is 1. The molecule has 3 rings (SSSR count). The first-order chi connectivity index (χ1) is 8.85. The molecule has 2 saturated heterocycles. The third-order valence-electron chi connectivity index (χ3n) is 4.28. The van der Waals surface area contributed by atoms with Crippen molar-refractivity contribution in [2.45, 2.75) is 25.4 Å². The van der Waals surface area contributed by atoms with Gasteiger partial charge in [-0.25, -0.2) is 0 Å². The molecule has 98 valence electrons. The number of nitrogens with zero attached hydrogens (tertiary/aromatic N) is 1. The fourth-order valence-corrected chi connectivity index (χ4v) is 3.30. The van der Waals surface area contributed by atoms with Gasteiger partial charge in [-0.05, 0) is 49.5 Å². The Morgan fingerprint density at radius 2 is 2.33 bits per heavy atom. The Kier molecular flexibility index (Phi) is 3.52. The Morgan fingerprint density at radius 3 is 3.22 bits per heavy atom. The van der Waals surface area contributed by atoms with Gasteiger partial charge in [0.25, 0.3) is 0 Å². The molecule has 2 aliphatic heterocycles. The van der Waals surface area contributed by atoms with Crippen LogP contribution in [0.4, 0.5) is 0 Å². The number of nitrogens with one attached hydrogen (secondary N) is 1. The largest absolute Gasteiger partial charge is 0.497 e. The summed E-state index contributed by atoms with van der Waals surface area (Å²) in [6.07, 6.45) is 2.65. The van der Waals surface area contributed by atoms with Gasteiger partial charge in [-0.15, -0.1) is 0 Å². The topological polar surface area (TPSA) is 24.5 Å². The van der Waals surface area contributed by atoms with Gasteiger partial charge in [0, 0.05) is 19.1 Å². The monoisotopic (exact) mass is 246 g/mol. The first-order valence-corrected chi connectivity index (χ1v) is 6.94. The fourth-order valence-electron chi connectivity index (χ4n) is 3.30.